The van der Waals surface area contributed by atoms with Gasteiger partial charge in [-0.05, 0) is 49.9 Å². The molecule has 1 aliphatic heterocycles. The van der Waals surface area contributed by atoms with Crippen LogP contribution in [-0.4, -0.2) is 6.61 Å². The summed E-state index contributed by atoms with van der Waals surface area (Å²) in [6.45, 7) is 9.60. The van der Waals surface area contributed by atoms with Crippen molar-refractivity contribution >= 4 is 0 Å². The number of rotatable bonds is 1. The van der Waals surface area contributed by atoms with Crippen molar-refractivity contribution in [1.82, 2.24) is 0 Å². The van der Waals surface area contributed by atoms with Gasteiger partial charge in [-0.1, -0.05) is 12.1 Å². The van der Waals surface area contributed by atoms with Gasteiger partial charge in [-0.25, -0.2) is 0 Å². The molecular formula is C13H18O. The van der Waals surface area contributed by atoms with Crippen LogP contribution < -0.4 is 0 Å². The summed E-state index contributed by atoms with van der Waals surface area (Å²) in [5, 5.41) is 0. The van der Waals surface area contributed by atoms with Crippen molar-refractivity contribution in [2.24, 2.45) is 0 Å². The molecule has 0 spiro atoms. The summed E-state index contributed by atoms with van der Waals surface area (Å²) in [5.41, 5.74) is 5.45. The van der Waals surface area contributed by atoms with Gasteiger partial charge in [0, 0.05) is 6.42 Å². The second-order valence-corrected chi connectivity index (χ2v) is 4.58. The maximum atomic E-state index is 5.68. The van der Waals surface area contributed by atoms with Crippen molar-refractivity contribution < 1.29 is 4.74 Å². The number of hydrogen-bond donors (Lipinski definition) is 0. The molecule has 0 aromatic heterocycles. The van der Waals surface area contributed by atoms with Gasteiger partial charge in [-0.15, -0.1) is 0 Å². The molecule has 1 aliphatic rings. The van der Waals surface area contributed by atoms with Crippen LogP contribution in [0.3, 0.4) is 0 Å². The maximum absolute atomic E-state index is 5.68. The van der Waals surface area contributed by atoms with Gasteiger partial charge in [0.1, 0.15) is 0 Å². The fraction of sp³-hybridized carbons (Fsp3) is 0.538. The van der Waals surface area contributed by atoms with Gasteiger partial charge in [-0.2, -0.15) is 0 Å². The fourth-order valence-corrected chi connectivity index (χ4v) is 2.15. The van der Waals surface area contributed by atoms with E-state index in [4.69, 9.17) is 4.74 Å². The summed E-state index contributed by atoms with van der Waals surface area (Å²) in [6, 6.07) is 4.54. The van der Waals surface area contributed by atoms with E-state index in [0.717, 1.165) is 13.0 Å². The van der Waals surface area contributed by atoms with E-state index >= 15 is 0 Å². The average molecular weight is 190 g/mol. The molecule has 76 valence electrons. The average Bonchev–Trinajstić information content (AvgIpc) is 2.07. The Morgan fingerprint density at radius 3 is 2.14 bits per heavy atom. The molecule has 1 heterocycles. The summed E-state index contributed by atoms with van der Waals surface area (Å²) in [6.07, 6.45) is 1.15. The Balaban J connectivity index is 2.48. The van der Waals surface area contributed by atoms with Crippen molar-refractivity contribution in [2.75, 3.05) is 6.61 Å². The van der Waals surface area contributed by atoms with E-state index in [2.05, 4.69) is 39.8 Å². The summed E-state index contributed by atoms with van der Waals surface area (Å²) in [4.78, 5) is 0. The molecule has 14 heavy (non-hydrogen) atoms. The fourth-order valence-electron chi connectivity index (χ4n) is 2.15. The molecule has 0 aliphatic carbocycles. The molecule has 2 rings (SSSR count). The molecule has 1 aromatic carbocycles. The maximum Gasteiger partial charge on any atom is 0.0927 e. The van der Waals surface area contributed by atoms with Crippen LogP contribution in [0.15, 0.2) is 12.1 Å². The quantitative estimate of drug-likeness (QED) is 0.660. The van der Waals surface area contributed by atoms with Gasteiger partial charge >= 0.3 is 0 Å². The second-order valence-electron chi connectivity index (χ2n) is 4.58. The van der Waals surface area contributed by atoms with Crippen molar-refractivity contribution in [2.45, 2.75) is 39.7 Å². The van der Waals surface area contributed by atoms with Crippen LogP contribution in [0.25, 0.3) is 0 Å². The van der Waals surface area contributed by atoms with Crippen LogP contribution in [-0.2, 0) is 10.3 Å². The molecule has 0 radical (unpaired) electrons. The topological polar surface area (TPSA) is 9.23 Å². The van der Waals surface area contributed by atoms with Crippen LogP contribution in [0.2, 0.25) is 0 Å². The number of ether oxygens (including phenoxy) is 1. The lowest BCUT2D eigenvalue weighted by Gasteiger charge is -2.40. The first-order valence-electron chi connectivity index (χ1n) is 5.25. The monoisotopic (exact) mass is 190 g/mol. The zero-order valence-electron chi connectivity index (χ0n) is 9.48. The van der Waals surface area contributed by atoms with Gasteiger partial charge < -0.3 is 4.74 Å². The Bertz CT molecular complexity index is 362. The number of hydrogen-bond acceptors (Lipinski definition) is 1. The molecule has 1 nitrogen and oxygen atoms in total. The van der Waals surface area contributed by atoms with Gasteiger partial charge in [0.2, 0.25) is 0 Å². The normalized spacial score (nSPS) is 26.0. The van der Waals surface area contributed by atoms with E-state index in [-0.39, 0.29) is 5.60 Å². The van der Waals surface area contributed by atoms with Crippen LogP contribution in [0, 0.1) is 20.8 Å². The molecule has 1 saturated heterocycles. The minimum atomic E-state index is -0.0114. The SMILES string of the molecule is Cc1cc(C)c(C2(C)CCO2)cc1C. The molecule has 1 atom stereocenters. The predicted molar refractivity (Wildman–Crippen MR) is 58.6 cm³/mol. The van der Waals surface area contributed by atoms with Crippen LogP contribution in [0.5, 0.6) is 0 Å². The Hall–Kier alpha value is -0.820. The first-order chi connectivity index (χ1) is 6.53. The molecular weight excluding hydrogens is 172 g/mol. The van der Waals surface area contributed by atoms with Crippen LogP contribution >= 0.6 is 0 Å². The van der Waals surface area contributed by atoms with E-state index in [1.54, 1.807) is 0 Å². The third-order valence-corrected chi connectivity index (χ3v) is 3.41. The van der Waals surface area contributed by atoms with Gasteiger partial charge in [0.05, 0.1) is 12.2 Å². The molecule has 0 saturated carbocycles. The zero-order chi connectivity index (χ0) is 10.3. The van der Waals surface area contributed by atoms with Crippen molar-refractivity contribution in [3.63, 3.8) is 0 Å². The third-order valence-electron chi connectivity index (χ3n) is 3.41. The van der Waals surface area contributed by atoms with Gasteiger partial charge in [-0.3, -0.25) is 0 Å². The van der Waals surface area contributed by atoms with Crippen LogP contribution in [0.4, 0.5) is 0 Å². The van der Waals surface area contributed by atoms with Crippen molar-refractivity contribution in [3.8, 4) is 0 Å². The molecule has 0 amide bonds. The number of aryl methyl sites for hydroxylation is 3. The molecule has 0 bridgehead atoms. The van der Waals surface area contributed by atoms with E-state index in [1.165, 1.54) is 22.3 Å². The minimum absolute atomic E-state index is 0.0114. The zero-order valence-corrected chi connectivity index (χ0v) is 9.48. The highest BCUT2D eigenvalue weighted by Crippen LogP contribution is 2.39. The molecule has 1 aromatic rings. The minimum Gasteiger partial charge on any atom is -0.370 e. The van der Waals surface area contributed by atoms with Gasteiger partial charge in [0.15, 0.2) is 0 Å². The summed E-state index contributed by atoms with van der Waals surface area (Å²) < 4.78 is 5.68. The highest BCUT2D eigenvalue weighted by molar-refractivity contribution is 5.40. The molecule has 0 N–H and O–H groups in total. The Kier molecular flexibility index (Phi) is 2.15. The third kappa shape index (κ3) is 1.36. The lowest BCUT2D eigenvalue weighted by atomic mass is 9.84. The standard InChI is InChI=1S/C13H18O/c1-9-7-11(3)12(8-10(9)2)13(4)5-6-14-13/h7-8H,5-6H2,1-4H3. The summed E-state index contributed by atoms with van der Waals surface area (Å²) in [5.74, 6) is 0. The first-order valence-corrected chi connectivity index (χ1v) is 5.25. The van der Waals surface area contributed by atoms with Gasteiger partial charge in [0.25, 0.3) is 0 Å². The predicted octanol–water partition coefficient (Wildman–Crippen LogP) is 3.25. The molecule has 1 fully saturated rings. The Morgan fingerprint density at radius 2 is 1.64 bits per heavy atom. The lowest BCUT2D eigenvalue weighted by molar-refractivity contribution is -0.141. The lowest BCUT2D eigenvalue weighted by Crippen LogP contribution is -2.38. The summed E-state index contributed by atoms with van der Waals surface area (Å²) >= 11 is 0. The van der Waals surface area contributed by atoms with Crippen molar-refractivity contribution in [3.05, 3.63) is 34.4 Å². The Morgan fingerprint density at radius 1 is 1.07 bits per heavy atom. The highest BCUT2D eigenvalue weighted by atomic mass is 16.5. The molecule has 1 unspecified atom stereocenters. The highest BCUT2D eigenvalue weighted by Gasteiger charge is 2.36. The Labute approximate surface area is 86.1 Å². The number of benzene rings is 1. The van der Waals surface area contributed by atoms with E-state index in [0.29, 0.717) is 0 Å². The first kappa shape index (κ1) is 9.72. The van der Waals surface area contributed by atoms with E-state index < -0.39 is 0 Å². The van der Waals surface area contributed by atoms with Crippen molar-refractivity contribution in [1.29, 1.82) is 0 Å². The largest absolute Gasteiger partial charge is 0.370 e. The second kappa shape index (κ2) is 3.09. The smallest absolute Gasteiger partial charge is 0.0927 e. The van der Waals surface area contributed by atoms with E-state index in [9.17, 15) is 0 Å². The van der Waals surface area contributed by atoms with E-state index in [1.807, 2.05) is 0 Å². The summed E-state index contributed by atoms with van der Waals surface area (Å²) in [7, 11) is 0. The van der Waals surface area contributed by atoms with Crippen LogP contribution in [0.1, 0.15) is 35.6 Å². The molecule has 1 heteroatoms.